The van der Waals surface area contributed by atoms with Gasteiger partial charge in [-0.2, -0.15) is 0 Å². The van der Waals surface area contributed by atoms with E-state index in [1.54, 1.807) is 4.90 Å². The summed E-state index contributed by atoms with van der Waals surface area (Å²) >= 11 is 1.46. The van der Waals surface area contributed by atoms with Gasteiger partial charge in [-0.05, 0) is 12.1 Å². The van der Waals surface area contributed by atoms with Crippen LogP contribution >= 0.6 is 11.3 Å². The Balaban J connectivity index is 1.65. The first-order valence-corrected chi connectivity index (χ1v) is 6.87. The lowest BCUT2D eigenvalue weighted by Gasteiger charge is -2.37. The number of hydrogen-bond acceptors (Lipinski definition) is 4. The van der Waals surface area contributed by atoms with Crippen LogP contribution in [0.25, 0.3) is 10.2 Å². The van der Waals surface area contributed by atoms with E-state index >= 15 is 0 Å². The van der Waals surface area contributed by atoms with Gasteiger partial charge in [0.15, 0.2) is 5.13 Å². The van der Waals surface area contributed by atoms with Crippen LogP contribution in [0.4, 0.5) is 5.13 Å². The van der Waals surface area contributed by atoms with E-state index in [0.29, 0.717) is 18.2 Å². The third-order valence-electron chi connectivity index (χ3n) is 3.22. The average molecular weight is 275 g/mol. The van der Waals surface area contributed by atoms with E-state index in [2.05, 4.69) is 10.3 Å². The normalized spacial score (nSPS) is 15.3. The maximum atomic E-state index is 12.0. The van der Waals surface area contributed by atoms with Crippen molar-refractivity contribution in [2.24, 2.45) is 5.92 Å². The first-order chi connectivity index (χ1) is 9.13. The number of anilines is 1. The SMILES string of the molecule is CC(=O)N1CC(C(=O)Nc2nc3ccccc3s2)C1. The highest BCUT2D eigenvalue weighted by molar-refractivity contribution is 7.22. The minimum Gasteiger partial charge on any atom is -0.341 e. The van der Waals surface area contributed by atoms with Gasteiger partial charge in [0.1, 0.15) is 0 Å². The fraction of sp³-hybridized carbons (Fsp3) is 0.308. The molecule has 3 rings (SSSR count). The number of likely N-dealkylation sites (tertiary alicyclic amines) is 1. The molecule has 1 aromatic heterocycles. The summed E-state index contributed by atoms with van der Waals surface area (Å²) in [5.74, 6) is -0.156. The topological polar surface area (TPSA) is 62.3 Å². The Morgan fingerprint density at radius 1 is 1.37 bits per heavy atom. The molecule has 1 saturated heterocycles. The van der Waals surface area contributed by atoms with Crippen molar-refractivity contribution < 1.29 is 9.59 Å². The molecule has 2 heterocycles. The van der Waals surface area contributed by atoms with Crippen molar-refractivity contribution in [3.8, 4) is 0 Å². The van der Waals surface area contributed by atoms with Crippen LogP contribution in [0.3, 0.4) is 0 Å². The zero-order chi connectivity index (χ0) is 13.4. The van der Waals surface area contributed by atoms with Crippen LogP contribution < -0.4 is 5.32 Å². The highest BCUT2D eigenvalue weighted by atomic mass is 32.1. The molecular formula is C13H13N3O2S. The van der Waals surface area contributed by atoms with Gasteiger partial charge in [0.25, 0.3) is 0 Å². The molecule has 5 nitrogen and oxygen atoms in total. The lowest BCUT2D eigenvalue weighted by atomic mass is 9.99. The smallest absolute Gasteiger partial charge is 0.232 e. The fourth-order valence-electron chi connectivity index (χ4n) is 2.03. The molecule has 0 bridgehead atoms. The Morgan fingerprint density at radius 2 is 2.11 bits per heavy atom. The standard InChI is InChI=1S/C13H13N3O2S/c1-8(17)16-6-9(7-16)12(18)15-13-14-10-4-2-3-5-11(10)19-13/h2-5,9H,6-7H2,1H3,(H,14,15,18). The van der Waals surface area contributed by atoms with Gasteiger partial charge in [-0.1, -0.05) is 23.5 Å². The van der Waals surface area contributed by atoms with Gasteiger partial charge in [-0.15, -0.1) is 0 Å². The number of rotatable bonds is 2. The number of nitrogens with zero attached hydrogens (tertiary/aromatic N) is 2. The minimum absolute atomic E-state index is 0.0176. The lowest BCUT2D eigenvalue weighted by molar-refractivity contribution is -0.139. The molecule has 0 aliphatic carbocycles. The quantitative estimate of drug-likeness (QED) is 0.907. The highest BCUT2D eigenvalue weighted by Gasteiger charge is 2.34. The molecule has 0 spiro atoms. The highest BCUT2D eigenvalue weighted by Crippen LogP contribution is 2.26. The van der Waals surface area contributed by atoms with E-state index in [1.807, 2.05) is 24.3 Å². The fourth-order valence-corrected chi connectivity index (χ4v) is 2.90. The molecule has 0 unspecified atom stereocenters. The monoisotopic (exact) mass is 275 g/mol. The Bertz CT molecular complexity index is 613. The van der Waals surface area contributed by atoms with Crippen molar-refractivity contribution in [1.82, 2.24) is 9.88 Å². The van der Waals surface area contributed by atoms with Crippen molar-refractivity contribution in [3.63, 3.8) is 0 Å². The Morgan fingerprint density at radius 3 is 2.79 bits per heavy atom. The molecule has 6 heteroatoms. The molecule has 19 heavy (non-hydrogen) atoms. The number of hydrogen-bond donors (Lipinski definition) is 1. The van der Waals surface area contributed by atoms with Crippen molar-refractivity contribution >= 4 is 38.5 Å². The summed E-state index contributed by atoms with van der Waals surface area (Å²) in [7, 11) is 0. The summed E-state index contributed by atoms with van der Waals surface area (Å²) in [5.41, 5.74) is 0.891. The van der Waals surface area contributed by atoms with Crippen molar-refractivity contribution in [2.45, 2.75) is 6.92 Å². The number of para-hydroxylation sites is 1. The van der Waals surface area contributed by atoms with Gasteiger partial charge in [0.05, 0.1) is 16.1 Å². The van der Waals surface area contributed by atoms with Crippen LogP contribution in [-0.4, -0.2) is 34.8 Å². The van der Waals surface area contributed by atoms with E-state index in [4.69, 9.17) is 0 Å². The number of benzene rings is 1. The molecule has 98 valence electrons. The van der Waals surface area contributed by atoms with Gasteiger partial charge >= 0.3 is 0 Å². The number of carbonyl (C=O) groups excluding carboxylic acids is 2. The van der Waals surface area contributed by atoms with Crippen LogP contribution in [0, 0.1) is 5.92 Å². The predicted molar refractivity (Wildman–Crippen MR) is 74.0 cm³/mol. The minimum atomic E-state index is -0.115. The van der Waals surface area contributed by atoms with Crippen molar-refractivity contribution in [3.05, 3.63) is 24.3 Å². The summed E-state index contributed by atoms with van der Waals surface area (Å²) < 4.78 is 1.05. The van der Waals surface area contributed by atoms with Crippen LogP contribution in [0.5, 0.6) is 0 Å². The number of nitrogens with one attached hydrogen (secondary N) is 1. The number of aromatic nitrogens is 1. The molecular weight excluding hydrogens is 262 g/mol. The van der Waals surface area contributed by atoms with Crippen LogP contribution in [-0.2, 0) is 9.59 Å². The summed E-state index contributed by atoms with van der Waals surface area (Å²) in [6, 6.07) is 7.76. The lowest BCUT2D eigenvalue weighted by Crippen LogP contribution is -2.53. The van der Waals surface area contributed by atoms with E-state index < -0.39 is 0 Å². The molecule has 2 amide bonds. The summed E-state index contributed by atoms with van der Waals surface area (Å²) in [6.07, 6.45) is 0. The van der Waals surface area contributed by atoms with E-state index in [1.165, 1.54) is 18.3 Å². The maximum absolute atomic E-state index is 12.0. The van der Waals surface area contributed by atoms with Crippen LogP contribution in [0.2, 0.25) is 0 Å². The summed E-state index contributed by atoms with van der Waals surface area (Å²) in [4.78, 5) is 29.0. The number of thiazole rings is 1. The third-order valence-corrected chi connectivity index (χ3v) is 4.17. The molecule has 1 aliphatic heterocycles. The molecule has 0 radical (unpaired) electrons. The second-order valence-electron chi connectivity index (χ2n) is 4.60. The summed E-state index contributed by atoms with van der Waals surface area (Å²) in [6.45, 7) is 2.53. The Hall–Kier alpha value is -1.95. The van der Waals surface area contributed by atoms with E-state index in [9.17, 15) is 9.59 Å². The zero-order valence-electron chi connectivity index (χ0n) is 10.4. The molecule has 1 N–H and O–H groups in total. The van der Waals surface area contributed by atoms with Gasteiger partial charge in [0, 0.05) is 20.0 Å². The first kappa shape index (κ1) is 12.1. The van der Waals surface area contributed by atoms with Crippen LogP contribution in [0.1, 0.15) is 6.92 Å². The van der Waals surface area contributed by atoms with Gasteiger partial charge < -0.3 is 10.2 Å². The number of carbonyl (C=O) groups is 2. The number of fused-ring (bicyclic) bond motifs is 1. The van der Waals surface area contributed by atoms with Crippen molar-refractivity contribution in [1.29, 1.82) is 0 Å². The average Bonchev–Trinajstić information content (AvgIpc) is 2.67. The zero-order valence-corrected chi connectivity index (χ0v) is 11.2. The molecule has 1 aromatic carbocycles. The second-order valence-corrected chi connectivity index (χ2v) is 5.63. The van der Waals surface area contributed by atoms with E-state index in [-0.39, 0.29) is 17.7 Å². The largest absolute Gasteiger partial charge is 0.341 e. The van der Waals surface area contributed by atoms with E-state index in [0.717, 1.165) is 10.2 Å². The number of amides is 2. The molecule has 2 aromatic rings. The molecule has 0 atom stereocenters. The molecule has 0 saturated carbocycles. The van der Waals surface area contributed by atoms with Gasteiger partial charge in [-0.3, -0.25) is 9.59 Å². The Labute approximate surface area is 114 Å². The van der Waals surface area contributed by atoms with Crippen molar-refractivity contribution in [2.75, 3.05) is 18.4 Å². The van der Waals surface area contributed by atoms with Gasteiger partial charge in [0.2, 0.25) is 11.8 Å². The van der Waals surface area contributed by atoms with Crippen LogP contribution in [0.15, 0.2) is 24.3 Å². The predicted octanol–water partition coefficient (Wildman–Crippen LogP) is 1.71. The molecule has 1 aliphatic rings. The first-order valence-electron chi connectivity index (χ1n) is 6.05. The third kappa shape index (κ3) is 2.31. The molecule has 1 fully saturated rings. The second kappa shape index (κ2) is 4.62. The summed E-state index contributed by atoms with van der Waals surface area (Å²) in [5, 5.41) is 3.44. The van der Waals surface area contributed by atoms with Gasteiger partial charge in [-0.25, -0.2) is 4.98 Å². The maximum Gasteiger partial charge on any atom is 0.232 e. The Kier molecular flexibility index (Phi) is 2.94.